The Balaban J connectivity index is 2.94. The Bertz CT molecular complexity index is 463. The average Bonchev–Trinajstić information content (AvgIpc) is 2.15. The molecule has 1 N–H and O–H groups in total. The van der Waals surface area contributed by atoms with Gasteiger partial charge in [0.1, 0.15) is 5.75 Å². The van der Waals surface area contributed by atoms with Crippen molar-refractivity contribution in [2.45, 2.75) is 6.92 Å². The Morgan fingerprint density at radius 2 is 1.92 bits per heavy atom. The predicted molar refractivity (Wildman–Crippen MR) is 55.4 cm³/mol. The van der Waals surface area contributed by atoms with Gasteiger partial charge in [-0.05, 0) is 23.9 Å². The van der Waals surface area contributed by atoms with Crippen LogP contribution in [0.4, 0.5) is 0 Å². The molecular formula is C11H9ClO. The first-order valence-corrected chi connectivity index (χ1v) is 4.45. The minimum absolute atomic E-state index is 0.178. The molecule has 2 rings (SSSR count). The molecule has 0 radical (unpaired) electrons. The van der Waals surface area contributed by atoms with Crippen molar-refractivity contribution in [1.82, 2.24) is 0 Å². The number of benzene rings is 2. The summed E-state index contributed by atoms with van der Waals surface area (Å²) in [6, 6.07) is 9.61. The van der Waals surface area contributed by atoms with Crippen molar-refractivity contribution in [3.05, 3.63) is 40.9 Å². The quantitative estimate of drug-likeness (QED) is 0.677. The van der Waals surface area contributed by atoms with Gasteiger partial charge in [-0.1, -0.05) is 35.9 Å². The summed E-state index contributed by atoms with van der Waals surface area (Å²) in [6.45, 7) is 1.88. The molecule has 0 aliphatic carbocycles. The van der Waals surface area contributed by atoms with Gasteiger partial charge in [0, 0.05) is 5.39 Å². The Labute approximate surface area is 81.6 Å². The molecule has 2 heteroatoms. The van der Waals surface area contributed by atoms with Crippen LogP contribution in [0.5, 0.6) is 5.75 Å². The molecular weight excluding hydrogens is 184 g/mol. The number of phenolic OH excluding ortho intramolecular Hbond substituents is 1. The third-order valence-corrected chi connectivity index (χ3v) is 2.62. The maximum absolute atomic E-state index is 9.71. The molecule has 0 unspecified atom stereocenters. The van der Waals surface area contributed by atoms with Crippen LogP contribution in [0, 0.1) is 6.92 Å². The van der Waals surface area contributed by atoms with Gasteiger partial charge in [0.05, 0.1) is 5.02 Å². The van der Waals surface area contributed by atoms with E-state index in [1.807, 2.05) is 37.3 Å². The van der Waals surface area contributed by atoms with Crippen LogP contribution in [0.3, 0.4) is 0 Å². The van der Waals surface area contributed by atoms with Crippen LogP contribution in [0.2, 0.25) is 5.02 Å². The average molecular weight is 193 g/mol. The van der Waals surface area contributed by atoms with E-state index in [-0.39, 0.29) is 5.75 Å². The molecule has 0 amide bonds. The fourth-order valence-electron chi connectivity index (χ4n) is 1.44. The number of halogens is 1. The number of hydrogen-bond acceptors (Lipinski definition) is 1. The zero-order valence-electron chi connectivity index (χ0n) is 7.21. The molecule has 0 saturated carbocycles. The first kappa shape index (κ1) is 8.39. The molecule has 0 saturated heterocycles. The van der Waals surface area contributed by atoms with Crippen molar-refractivity contribution in [3.8, 4) is 5.75 Å². The number of aryl methyl sites for hydroxylation is 1. The Kier molecular flexibility index (Phi) is 1.89. The third kappa shape index (κ3) is 1.25. The van der Waals surface area contributed by atoms with Gasteiger partial charge in [0.25, 0.3) is 0 Å². The lowest BCUT2D eigenvalue weighted by Gasteiger charge is -2.05. The van der Waals surface area contributed by atoms with Gasteiger partial charge in [0.15, 0.2) is 0 Å². The first-order chi connectivity index (χ1) is 6.20. The van der Waals surface area contributed by atoms with Crippen molar-refractivity contribution < 1.29 is 5.11 Å². The van der Waals surface area contributed by atoms with Crippen LogP contribution < -0.4 is 0 Å². The number of phenols is 1. The molecule has 0 heterocycles. The molecule has 0 aliphatic rings. The normalized spacial score (nSPS) is 10.6. The van der Waals surface area contributed by atoms with Crippen LogP contribution in [0.1, 0.15) is 5.56 Å². The maximum atomic E-state index is 9.71. The number of hydrogen-bond donors (Lipinski definition) is 1. The summed E-state index contributed by atoms with van der Waals surface area (Å²) < 4.78 is 0. The maximum Gasteiger partial charge on any atom is 0.142 e. The van der Waals surface area contributed by atoms with Crippen molar-refractivity contribution >= 4 is 22.4 Å². The highest BCUT2D eigenvalue weighted by Gasteiger charge is 2.06. The summed E-state index contributed by atoms with van der Waals surface area (Å²) >= 11 is 5.91. The molecule has 0 bridgehead atoms. The smallest absolute Gasteiger partial charge is 0.142 e. The molecule has 1 nitrogen and oxygen atoms in total. The van der Waals surface area contributed by atoms with Gasteiger partial charge in [-0.2, -0.15) is 0 Å². The minimum atomic E-state index is 0.178. The van der Waals surface area contributed by atoms with E-state index in [0.29, 0.717) is 5.02 Å². The number of aromatic hydroxyl groups is 1. The molecule has 0 fully saturated rings. The van der Waals surface area contributed by atoms with Gasteiger partial charge in [-0.15, -0.1) is 0 Å². The highest BCUT2D eigenvalue weighted by molar-refractivity contribution is 6.34. The van der Waals surface area contributed by atoms with E-state index in [9.17, 15) is 5.11 Å². The minimum Gasteiger partial charge on any atom is -0.506 e. The number of fused-ring (bicyclic) bond motifs is 1. The van der Waals surface area contributed by atoms with Gasteiger partial charge in [0.2, 0.25) is 0 Å². The third-order valence-electron chi connectivity index (χ3n) is 2.14. The molecule has 2 aromatic rings. The van der Waals surface area contributed by atoms with Crippen LogP contribution in [-0.4, -0.2) is 5.11 Å². The van der Waals surface area contributed by atoms with Crippen LogP contribution in [0.15, 0.2) is 30.3 Å². The summed E-state index contributed by atoms with van der Waals surface area (Å²) in [6.07, 6.45) is 0. The van der Waals surface area contributed by atoms with E-state index < -0.39 is 0 Å². The lowest BCUT2D eigenvalue weighted by Crippen LogP contribution is -1.79. The monoisotopic (exact) mass is 192 g/mol. The lowest BCUT2D eigenvalue weighted by molar-refractivity contribution is 0.481. The molecule has 0 atom stereocenters. The first-order valence-electron chi connectivity index (χ1n) is 4.07. The van der Waals surface area contributed by atoms with E-state index in [1.165, 1.54) is 0 Å². The van der Waals surface area contributed by atoms with Crippen LogP contribution in [-0.2, 0) is 0 Å². The van der Waals surface area contributed by atoms with Crippen LogP contribution in [0.25, 0.3) is 10.8 Å². The standard InChI is InChI=1S/C11H9ClO/c1-7-6-8-4-2-3-5-9(8)11(13)10(7)12/h2-6,13H,1H3. The van der Waals surface area contributed by atoms with Crippen molar-refractivity contribution in [1.29, 1.82) is 0 Å². The zero-order chi connectivity index (χ0) is 9.42. The molecule has 0 spiro atoms. The Morgan fingerprint density at radius 1 is 1.23 bits per heavy atom. The number of rotatable bonds is 0. The lowest BCUT2D eigenvalue weighted by atomic mass is 10.1. The summed E-state index contributed by atoms with van der Waals surface area (Å²) in [4.78, 5) is 0. The second kappa shape index (κ2) is 2.93. The van der Waals surface area contributed by atoms with Crippen LogP contribution >= 0.6 is 11.6 Å². The molecule has 0 aliphatic heterocycles. The van der Waals surface area contributed by atoms with Gasteiger partial charge in [-0.25, -0.2) is 0 Å². The van der Waals surface area contributed by atoms with Crippen molar-refractivity contribution in [2.75, 3.05) is 0 Å². The molecule has 2 aromatic carbocycles. The summed E-state index contributed by atoms with van der Waals surface area (Å²) in [5.74, 6) is 0.178. The Hall–Kier alpha value is -1.21. The SMILES string of the molecule is Cc1cc2ccccc2c(O)c1Cl. The topological polar surface area (TPSA) is 20.2 Å². The van der Waals surface area contributed by atoms with Gasteiger partial charge >= 0.3 is 0 Å². The van der Waals surface area contributed by atoms with E-state index in [2.05, 4.69) is 0 Å². The van der Waals surface area contributed by atoms with Gasteiger partial charge < -0.3 is 5.11 Å². The van der Waals surface area contributed by atoms with E-state index >= 15 is 0 Å². The van der Waals surface area contributed by atoms with Crippen molar-refractivity contribution in [2.24, 2.45) is 0 Å². The Morgan fingerprint density at radius 3 is 2.69 bits per heavy atom. The largest absolute Gasteiger partial charge is 0.506 e. The fourth-order valence-corrected chi connectivity index (χ4v) is 1.60. The summed E-state index contributed by atoms with van der Waals surface area (Å²) in [5, 5.41) is 12.0. The zero-order valence-corrected chi connectivity index (χ0v) is 7.97. The molecule has 0 aromatic heterocycles. The second-order valence-corrected chi connectivity index (χ2v) is 3.46. The second-order valence-electron chi connectivity index (χ2n) is 3.08. The van der Waals surface area contributed by atoms with Gasteiger partial charge in [-0.3, -0.25) is 0 Å². The van der Waals surface area contributed by atoms with E-state index in [0.717, 1.165) is 16.3 Å². The van der Waals surface area contributed by atoms with Crippen molar-refractivity contribution in [3.63, 3.8) is 0 Å². The fraction of sp³-hybridized carbons (Fsp3) is 0.0909. The van der Waals surface area contributed by atoms with E-state index in [4.69, 9.17) is 11.6 Å². The summed E-state index contributed by atoms with van der Waals surface area (Å²) in [7, 11) is 0. The molecule has 66 valence electrons. The predicted octanol–water partition coefficient (Wildman–Crippen LogP) is 3.51. The highest BCUT2D eigenvalue weighted by Crippen LogP contribution is 2.34. The summed E-state index contributed by atoms with van der Waals surface area (Å²) in [5.41, 5.74) is 0.901. The van der Waals surface area contributed by atoms with E-state index in [1.54, 1.807) is 0 Å². The molecule has 13 heavy (non-hydrogen) atoms. The highest BCUT2D eigenvalue weighted by atomic mass is 35.5.